The molecule has 0 fully saturated rings. The normalized spacial score (nSPS) is 11.8. The average molecular weight is 323 g/mol. The van der Waals surface area contributed by atoms with E-state index in [1.807, 2.05) is 19.1 Å². The molecule has 0 unspecified atom stereocenters. The van der Waals surface area contributed by atoms with Crippen molar-refractivity contribution in [1.82, 2.24) is 19.1 Å². The van der Waals surface area contributed by atoms with Gasteiger partial charge in [-0.2, -0.15) is 17.8 Å². The summed E-state index contributed by atoms with van der Waals surface area (Å²) in [6, 6.07) is 5.43. The number of nitrogens with zero attached hydrogens (tertiary/aromatic N) is 4. The monoisotopic (exact) mass is 323 g/mol. The number of pyridine rings is 1. The Balaban J connectivity index is 1.99. The molecular formula is C14H21N5O2S. The van der Waals surface area contributed by atoms with Crippen LogP contribution in [0.4, 0.5) is 5.82 Å². The Morgan fingerprint density at radius 1 is 1.27 bits per heavy atom. The quantitative estimate of drug-likeness (QED) is 0.802. The molecule has 120 valence electrons. The Labute approximate surface area is 131 Å². The molecule has 0 saturated heterocycles. The van der Waals surface area contributed by atoms with Gasteiger partial charge < -0.3 is 0 Å². The molecule has 1 N–H and O–H groups in total. The van der Waals surface area contributed by atoms with Crippen molar-refractivity contribution in [2.24, 2.45) is 0 Å². The molecular weight excluding hydrogens is 302 g/mol. The Morgan fingerprint density at radius 2 is 2.00 bits per heavy atom. The van der Waals surface area contributed by atoms with Crippen LogP contribution in [-0.2, 0) is 16.8 Å². The molecule has 0 saturated carbocycles. The molecule has 22 heavy (non-hydrogen) atoms. The summed E-state index contributed by atoms with van der Waals surface area (Å²) < 4.78 is 29.7. The molecule has 0 radical (unpaired) electrons. The summed E-state index contributed by atoms with van der Waals surface area (Å²) in [7, 11) is -1.99. The van der Waals surface area contributed by atoms with Crippen LogP contribution in [0.3, 0.4) is 0 Å². The molecule has 0 amide bonds. The van der Waals surface area contributed by atoms with E-state index in [4.69, 9.17) is 0 Å². The molecule has 0 aliphatic carbocycles. The third-order valence-electron chi connectivity index (χ3n) is 3.21. The predicted molar refractivity (Wildman–Crippen MR) is 85.6 cm³/mol. The van der Waals surface area contributed by atoms with E-state index < -0.39 is 10.2 Å². The average Bonchev–Trinajstić information content (AvgIpc) is 2.92. The summed E-state index contributed by atoms with van der Waals surface area (Å²) in [5, 5.41) is 4.23. The van der Waals surface area contributed by atoms with E-state index in [1.54, 1.807) is 36.4 Å². The fraction of sp³-hybridized carbons (Fsp3) is 0.429. The third kappa shape index (κ3) is 4.54. The summed E-state index contributed by atoms with van der Waals surface area (Å²) in [5.41, 5.74) is 1.05. The maximum atomic E-state index is 12.1. The van der Waals surface area contributed by atoms with Gasteiger partial charge in [-0.1, -0.05) is 13.3 Å². The standard InChI is InChI=1S/C14H21N5O2S/c1-3-4-10-18(2)22(20,21)17-14-7-11-19(16-14)12-13-5-8-15-9-6-13/h5-9,11H,3-4,10,12H2,1-2H3,(H,16,17). The highest BCUT2D eigenvalue weighted by molar-refractivity contribution is 7.90. The summed E-state index contributed by atoms with van der Waals surface area (Å²) in [5.74, 6) is 0.317. The van der Waals surface area contributed by atoms with Crippen LogP contribution >= 0.6 is 0 Å². The van der Waals surface area contributed by atoms with Gasteiger partial charge in [0.1, 0.15) is 0 Å². The summed E-state index contributed by atoms with van der Waals surface area (Å²) in [6.07, 6.45) is 6.94. The highest BCUT2D eigenvalue weighted by Gasteiger charge is 2.18. The first-order valence-corrected chi connectivity index (χ1v) is 8.61. The number of hydrogen-bond donors (Lipinski definition) is 1. The van der Waals surface area contributed by atoms with Crippen LogP contribution in [0, 0.1) is 0 Å². The van der Waals surface area contributed by atoms with E-state index in [2.05, 4.69) is 14.8 Å². The van der Waals surface area contributed by atoms with Gasteiger partial charge in [-0.3, -0.25) is 14.4 Å². The highest BCUT2D eigenvalue weighted by Crippen LogP contribution is 2.10. The van der Waals surface area contributed by atoms with Crippen LogP contribution in [0.2, 0.25) is 0 Å². The van der Waals surface area contributed by atoms with Crippen LogP contribution in [0.25, 0.3) is 0 Å². The Morgan fingerprint density at radius 3 is 2.68 bits per heavy atom. The Hall–Kier alpha value is -1.93. The van der Waals surface area contributed by atoms with Gasteiger partial charge in [-0.05, 0) is 24.1 Å². The van der Waals surface area contributed by atoms with Crippen molar-refractivity contribution in [3.8, 4) is 0 Å². The number of anilines is 1. The molecule has 2 rings (SSSR count). The second kappa shape index (κ2) is 7.37. The zero-order chi connectivity index (χ0) is 16.0. The van der Waals surface area contributed by atoms with E-state index in [0.717, 1.165) is 18.4 Å². The number of hydrogen-bond acceptors (Lipinski definition) is 4. The van der Waals surface area contributed by atoms with Crippen molar-refractivity contribution >= 4 is 16.0 Å². The van der Waals surface area contributed by atoms with Crippen molar-refractivity contribution in [3.63, 3.8) is 0 Å². The molecule has 7 nitrogen and oxygen atoms in total. The van der Waals surface area contributed by atoms with E-state index >= 15 is 0 Å². The molecule has 2 aromatic heterocycles. The lowest BCUT2D eigenvalue weighted by atomic mass is 10.3. The minimum absolute atomic E-state index is 0.317. The fourth-order valence-electron chi connectivity index (χ4n) is 1.89. The maximum Gasteiger partial charge on any atom is 0.302 e. The number of nitrogens with one attached hydrogen (secondary N) is 1. The first-order chi connectivity index (χ1) is 10.5. The molecule has 0 bridgehead atoms. The van der Waals surface area contributed by atoms with Gasteiger partial charge in [-0.15, -0.1) is 0 Å². The van der Waals surface area contributed by atoms with Gasteiger partial charge in [0, 0.05) is 38.2 Å². The second-order valence-corrected chi connectivity index (χ2v) is 6.81. The molecule has 2 heterocycles. The minimum atomic E-state index is -3.55. The van der Waals surface area contributed by atoms with E-state index in [-0.39, 0.29) is 0 Å². The summed E-state index contributed by atoms with van der Waals surface area (Å²) in [6.45, 7) is 3.08. The Kier molecular flexibility index (Phi) is 5.51. The largest absolute Gasteiger partial charge is 0.302 e. The van der Waals surface area contributed by atoms with Crippen LogP contribution < -0.4 is 4.72 Å². The maximum absolute atomic E-state index is 12.1. The van der Waals surface area contributed by atoms with Crippen molar-refractivity contribution in [3.05, 3.63) is 42.4 Å². The lowest BCUT2D eigenvalue weighted by molar-refractivity contribution is 0.463. The lowest BCUT2D eigenvalue weighted by Gasteiger charge is -2.16. The van der Waals surface area contributed by atoms with Crippen LogP contribution in [0.1, 0.15) is 25.3 Å². The SMILES string of the molecule is CCCCN(C)S(=O)(=O)Nc1ccn(Cc2ccncc2)n1. The summed E-state index contributed by atoms with van der Waals surface area (Å²) in [4.78, 5) is 3.96. The van der Waals surface area contributed by atoms with Gasteiger partial charge in [0.05, 0.1) is 6.54 Å². The predicted octanol–water partition coefficient (Wildman–Crippen LogP) is 1.71. The van der Waals surface area contributed by atoms with Crippen molar-refractivity contribution in [2.45, 2.75) is 26.3 Å². The first kappa shape index (κ1) is 16.4. The highest BCUT2D eigenvalue weighted by atomic mass is 32.2. The second-order valence-electron chi connectivity index (χ2n) is 5.04. The van der Waals surface area contributed by atoms with Gasteiger partial charge >= 0.3 is 10.2 Å². The molecule has 2 aromatic rings. The number of rotatable bonds is 8. The van der Waals surface area contributed by atoms with E-state index in [1.165, 1.54) is 4.31 Å². The smallest absolute Gasteiger partial charge is 0.266 e. The zero-order valence-electron chi connectivity index (χ0n) is 12.8. The fourth-order valence-corrected chi connectivity index (χ4v) is 2.79. The minimum Gasteiger partial charge on any atom is -0.266 e. The topological polar surface area (TPSA) is 80.1 Å². The molecule has 8 heteroatoms. The molecule has 0 atom stereocenters. The third-order valence-corrected chi connectivity index (χ3v) is 4.68. The van der Waals surface area contributed by atoms with Crippen LogP contribution in [0.15, 0.2) is 36.8 Å². The molecule has 0 aliphatic heterocycles. The molecule has 0 aliphatic rings. The number of aromatic nitrogens is 3. The van der Waals surface area contributed by atoms with Crippen molar-refractivity contribution < 1.29 is 8.42 Å². The molecule has 0 spiro atoms. The van der Waals surface area contributed by atoms with Gasteiger partial charge in [-0.25, -0.2) is 0 Å². The zero-order valence-corrected chi connectivity index (χ0v) is 13.6. The lowest BCUT2D eigenvalue weighted by Crippen LogP contribution is -2.33. The van der Waals surface area contributed by atoms with Crippen LogP contribution in [0.5, 0.6) is 0 Å². The van der Waals surface area contributed by atoms with Gasteiger partial charge in [0.15, 0.2) is 5.82 Å². The Bertz CT molecular complexity index is 684. The number of unbranched alkanes of at least 4 members (excludes halogenated alkanes) is 1. The van der Waals surface area contributed by atoms with Crippen LogP contribution in [-0.4, -0.2) is 41.1 Å². The van der Waals surface area contributed by atoms with Crippen molar-refractivity contribution in [2.75, 3.05) is 18.3 Å². The van der Waals surface area contributed by atoms with E-state index in [9.17, 15) is 8.42 Å². The van der Waals surface area contributed by atoms with Crippen molar-refractivity contribution in [1.29, 1.82) is 0 Å². The van der Waals surface area contributed by atoms with Gasteiger partial charge in [0.2, 0.25) is 0 Å². The first-order valence-electron chi connectivity index (χ1n) is 7.17. The van der Waals surface area contributed by atoms with E-state index in [0.29, 0.717) is 18.9 Å². The molecule has 0 aromatic carbocycles. The van der Waals surface area contributed by atoms with Gasteiger partial charge in [0.25, 0.3) is 0 Å². The summed E-state index contributed by atoms with van der Waals surface area (Å²) >= 11 is 0.